The Morgan fingerprint density at radius 2 is 1.93 bits per heavy atom. The van der Waals surface area contributed by atoms with Crippen molar-refractivity contribution in [2.24, 2.45) is 17.6 Å². The van der Waals surface area contributed by atoms with Crippen LogP contribution in [0.4, 0.5) is 0 Å². The zero-order valence-electron chi connectivity index (χ0n) is 9.65. The highest BCUT2D eigenvalue weighted by molar-refractivity contribution is 5.15. The minimum atomic E-state index is 0.507. The van der Waals surface area contributed by atoms with E-state index in [9.17, 15) is 0 Å². The number of methoxy groups -OCH3 is 1. The first kappa shape index (κ1) is 12.2. The summed E-state index contributed by atoms with van der Waals surface area (Å²) >= 11 is 0. The summed E-state index contributed by atoms with van der Waals surface area (Å²) in [4.78, 5) is 0. The van der Waals surface area contributed by atoms with Gasteiger partial charge < -0.3 is 10.5 Å². The third kappa shape index (κ3) is 4.02. The largest absolute Gasteiger partial charge is 0.384 e. The van der Waals surface area contributed by atoms with Crippen LogP contribution in [0.1, 0.15) is 12.5 Å². The van der Waals surface area contributed by atoms with Crippen LogP contribution >= 0.6 is 0 Å². The monoisotopic (exact) mass is 207 g/mol. The fourth-order valence-corrected chi connectivity index (χ4v) is 1.83. The minimum absolute atomic E-state index is 0.507. The molecule has 0 saturated heterocycles. The van der Waals surface area contributed by atoms with Gasteiger partial charge in [0.05, 0.1) is 0 Å². The Hall–Kier alpha value is -0.860. The molecule has 0 amide bonds. The lowest BCUT2D eigenvalue weighted by Crippen LogP contribution is -2.26. The van der Waals surface area contributed by atoms with Crippen molar-refractivity contribution in [2.45, 2.75) is 13.3 Å². The molecule has 0 aliphatic carbocycles. The maximum Gasteiger partial charge on any atom is 0.0491 e. The Kier molecular flexibility index (Phi) is 5.37. The van der Waals surface area contributed by atoms with E-state index in [1.54, 1.807) is 7.11 Å². The van der Waals surface area contributed by atoms with Gasteiger partial charge >= 0.3 is 0 Å². The van der Waals surface area contributed by atoms with Gasteiger partial charge in [-0.25, -0.2) is 0 Å². The van der Waals surface area contributed by atoms with Crippen LogP contribution in [0.2, 0.25) is 0 Å². The summed E-state index contributed by atoms with van der Waals surface area (Å²) in [6.07, 6.45) is 1.04. The van der Waals surface area contributed by atoms with Gasteiger partial charge in [0.2, 0.25) is 0 Å². The van der Waals surface area contributed by atoms with E-state index in [4.69, 9.17) is 10.5 Å². The number of ether oxygens (including phenoxy) is 1. The van der Waals surface area contributed by atoms with Crippen molar-refractivity contribution >= 4 is 0 Å². The number of rotatable bonds is 6. The molecule has 0 spiro atoms. The fourth-order valence-electron chi connectivity index (χ4n) is 1.83. The molecule has 1 aromatic rings. The molecule has 2 nitrogen and oxygen atoms in total. The SMILES string of the molecule is COCC(C)C(CN)Cc1ccccc1. The van der Waals surface area contributed by atoms with Crippen molar-refractivity contribution in [3.63, 3.8) is 0 Å². The van der Waals surface area contributed by atoms with Crippen LogP contribution < -0.4 is 5.73 Å². The summed E-state index contributed by atoms with van der Waals surface area (Å²) in [7, 11) is 1.74. The first-order valence-electron chi connectivity index (χ1n) is 5.50. The average Bonchev–Trinajstić information content (AvgIpc) is 2.27. The van der Waals surface area contributed by atoms with Gasteiger partial charge in [0.25, 0.3) is 0 Å². The Bertz CT molecular complexity index is 260. The molecule has 1 rings (SSSR count). The van der Waals surface area contributed by atoms with Gasteiger partial charge in [0, 0.05) is 13.7 Å². The highest BCUT2D eigenvalue weighted by atomic mass is 16.5. The molecule has 0 aliphatic rings. The third-order valence-corrected chi connectivity index (χ3v) is 2.88. The van der Waals surface area contributed by atoms with Gasteiger partial charge in [0.15, 0.2) is 0 Å². The smallest absolute Gasteiger partial charge is 0.0491 e. The van der Waals surface area contributed by atoms with Crippen molar-refractivity contribution < 1.29 is 4.74 Å². The van der Waals surface area contributed by atoms with Gasteiger partial charge in [0.1, 0.15) is 0 Å². The molecule has 2 N–H and O–H groups in total. The topological polar surface area (TPSA) is 35.2 Å². The quantitative estimate of drug-likeness (QED) is 0.775. The molecule has 0 saturated carbocycles. The highest BCUT2D eigenvalue weighted by Gasteiger charge is 2.15. The Morgan fingerprint density at radius 1 is 1.27 bits per heavy atom. The van der Waals surface area contributed by atoms with E-state index >= 15 is 0 Å². The van der Waals surface area contributed by atoms with E-state index in [0.29, 0.717) is 11.8 Å². The highest BCUT2D eigenvalue weighted by Crippen LogP contribution is 2.16. The first-order chi connectivity index (χ1) is 7.27. The molecule has 0 fully saturated rings. The summed E-state index contributed by atoms with van der Waals surface area (Å²) in [5.41, 5.74) is 7.15. The van der Waals surface area contributed by atoms with E-state index in [1.807, 2.05) is 6.07 Å². The summed E-state index contributed by atoms with van der Waals surface area (Å²) < 4.78 is 5.17. The van der Waals surface area contributed by atoms with Crippen molar-refractivity contribution in [3.8, 4) is 0 Å². The molecule has 84 valence electrons. The Balaban J connectivity index is 2.53. The number of hydrogen-bond donors (Lipinski definition) is 1. The molecular formula is C13H21NO. The lowest BCUT2D eigenvalue weighted by Gasteiger charge is -2.21. The van der Waals surface area contributed by atoms with Crippen LogP contribution in [-0.2, 0) is 11.2 Å². The molecule has 0 aromatic heterocycles. The van der Waals surface area contributed by atoms with E-state index in [1.165, 1.54) is 5.56 Å². The van der Waals surface area contributed by atoms with Gasteiger partial charge in [-0.3, -0.25) is 0 Å². The minimum Gasteiger partial charge on any atom is -0.384 e. The van der Waals surface area contributed by atoms with Crippen molar-refractivity contribution in [3.05, 3.63) is 35.9 Å². The Morgan fingerprint density at radius 3 is 2.47 bits per heavy atom. The first-order valence-corrected chi connectivity index (χ1v) is 5.50. The third-order valence-electron chi connectivity index (χ3n) is 2.88. The second-order valence-corrected chi connectivity index (χ2v) is 4.12. The van der Waals surface area contributed by atoms with Crippen molar-refractivity contribution in [2.75, 3.05) is 20.3 Å². The molecular weight excluding hydrogens is 186 g/mol. The summed E-state index contributed by atoms with van der Waals surface area (Å²) in [6.45, 7) is 3.71. The van der Waals surface area contributed by atoms with Crippen LogP contribution in [0.5, 0.6) is 0 Å². The maximum atomic E-state index is 5.80. The molecule has 2 heteroatoms. The van der Waals surface area contributed by atoms with Crippen molar-refractivity contribution in [1.29, 1.82) is 0 Å². The molecule has 0 bridgehead atoms. The maximum absolute atomic E-state index is 5.80. The van der Waals surface area contributed by atoms with E-state index in [2.05, 4.69) is 31.2 Å². The van der Waals surface area contributed by atoms with Crippen LogP contribution in [0.15, 0.2) is 30.3 Å². The average molecular weight is 207 g/mol. The standard InChI is InChI=1S/C13H21NO/c1-11(10-15-2)13(9-14)8-12-6-4-3-5-7-12/h3-7,11,13H,8-10,14H2,1-2H3. The predicted octanol–water partition coefficient (Wildman–Crippen LogP) is 2.09. The molecule has 1 aromatic carbocycles. The second-order valence-electron chi connectivity index (χ2n) is 4.12. The van der Waals surface area contributed by atoms with Crippen LogP contribution in [0.25, 0.3) is 0 Å². The van der Waals surface area contributed by atoms with Gasteiger partial charge in [-0.2, -0.15) is 0 Å². The molecule has 0 radical (unpaired) electrons. The summed E-state index contributed by atoms with van der Waals surface area (Å²) in [5, 5.41) is 0. The summed E-state index contributed by atoms with van der Waals surface area (Å²) in [6, 6.07) is 10.5. The van der Waals surface area contributed by atoms with Crippen molar-refractivity contribution in [1.82, 2.24) is 0 Å². The van der Waals surface area contributed by atoms with Gasteiger partial charge in [-0.1, -0.05) is 37.3 Å². The predicted molar refractivity (Wildman–Crippen MR) is 63.7 cm³/mol. The van der Waals surface area contributed by atoms with Gasteiger partial charge in [-0.05, 0) is 30.4 Å². The zero-order chi connectivity index (χ0) is 11.1. The number of benzene rings is 1. The van der Waals surface area contributed by atoms with Gasteiger partial charge in [-0.15, -0.1) is 0 Å². The second kappa shape index (κ2) is 6.59. The molecule has 0 heterocycles. The molecule has 2 unspecified atom stereocenters. The molecule has 15 heavy (non-hydrogen) atoms. The number of hydrogen-bond acceptors (Lipinski definition) is 2. The normalized spacial score (nSPS) is 14.9. The fraction of sp³-hybridized carbons (Fsp3) is 0.538. The van der Waals surface area contributed by atoms with Crippen LogP contribution in [0.3, 0.4) is 0 Å². The molecule has 0 aliphatic heterocycles. The molecule has 2 atom stereocenters. The lowest BCUT2D eigenvalue weighted by molar-refractivity contribution is 0.131. The summed E-state index contributed by atoms with van der Waals surface area (Å²) in [5.74, 6) is 1.02. The lowest BCUT2D eigenvalue weighted by atomic mass is 9.88. The van der Waals surface area contributed by atoms with E-state index in [-0.39, 0.29) is 0 Å². The van der Waals surface area contributed by atoms with E-state index in [0.717, 1.165) is 19.6 Å². The zero-order valence-corrected chi connectivity index (χ0v) is 9.65. The van der Waals surface area contributed by atoms with Crippen LogP contribution in [-0.4, -0.2) is 20.3 Å². The number of nitrogens with two attached hydrogens (primary N) is 1. The van der Waals surface area contributed by atoms with Crippen LogP contribution in [0, 0.1) is 11.8 Å². The van der Waals surface area contributed by atoms with E-state index < -0.39 is 0 Å². The Labute approximate surface area is 92.4 Å².